The van der Waals surface area contributed by atoms with E-state index in [2.05, 4.69) is 63.5 Å². The fraction of sp³-hybridized carbons (Fsp3) is 0.267. The molecule has 6 nitrogen and oxygen atoms in total. The average molecular weight is 513 g/mol. The van der Waals surface area contributed by atoms with E-state index >= 15 is 0 Å². The van der Waals surface area contributed by atoms with Crippen LogP contribution in [-0.4, -0.2) is 29.0 Å². The fourth-order valence-electron chi connectivity index (χ4n) is 4.25. The number of benzene rings is 3. The van der Waals surface area contributed by atoms with E-state index in [1.54, 1.807) is 11.3 Å². The normalized spacial score (nSPS) is 11.5. The Morgan fingerprint density at radius 3 is 2.46 bits per heavy atom. The molecule has 0 spiro atoms. The second kappa shape index (κ2) is 12.4. The molecule has 0 amide bonds. The van der Waals surface area contributed by atoms with Gasteiger partial charge < -0.3 is 14.0 Å². The molecule has 0 atom stereocenters. The molecule has 0 saturated heterocycles. The number of unbranched alkanes of at least 4 members (excludes halogenated alkanes) is 3. The van der Waals surface area contributed by atoms with E-state index in [9.17, 15) is 0 Å². The maximum absolute atomic E-state index is 6.02. The summed E-state index contributed by atoms with van der Waals surface area (Å²) in [6.07, 6.45) is 8.80. The maximum Gasteiger partial charge on any atom is 0.204 e. The molecule has 2 aromatic heterocycles. The van der Waals surface area contributed by atoms with Crippen LogP contribution in [0.15, 0.2) is 84.1 Å². The molecule has 7 heteroatoms. The van der Waals surface area contributed by atoms with Crippen molar-refractivity contribution in [2.45, 2.75) is 39.2 Å². The van der Waals surface area contributed by atoms with Gasteiger partial charge >= 0.3 is 0 Å². The number of hydrazone groups is 1. The second-order valence-electron chi connectivity index (χ2n) is 8.88. The van der Waals surface area contributed by atoms with Gasteiger partial charge in [-0.1, -0.05) is 67.9 Å². The lowest BCUT2D eigenvalue weighted by molar-refractivity contribution is 0.294. The van der Waals surface area contributed by atoms with Crippen molar-refractivity contribution in [2.24, 2.45) is 5.10 Å². The SMILES string of the molecule is CCCCCCOc1ccc(OCCn2cc(C=NNc3nc4ccccc4s3)c3ccccc32)cc1. The number of nitrogens with zero attached hydrogens (tertiary/aromatic N) is 3. The highest BCUT2D eigenvalue weighted by molar-refractivity contribution is 7.22. The van der Waals surface area contributed by atoms with Crippen molar-refractivity contribution < 1.29 is 9.47 Å². The minimum Gasteiger partial charge on any atom is -0.494 e. The molecular formula is C30H32N4O2S. The number of thiazole rings is 1. The lowest BCUT2D eigenvalue weighted by Crippen LogP contribution is -2.07. The zero-order valence-electron chi connectivity index (χ0n) is 21.1. The largest absolute Gasteiger partial charge is 0.494 e. The molecule has 0 bridgehead atoms. The van der Waals surface area contributed by atoms with Crippen molar-refractivity contribution in [3.05, 3.63) is 84.6 Å². The summed E-state index contributed by atoms with van der Waals surface area (Å²) in [5.41, 5.74) is 6.26. The van der Waals surface area contributed by atoms with Crippen molar-refractivity contribution in [1.82, 2.24) is 9.55 Å². The van der Waals surface area contributed by atoms with Gasteiger partial charge in [0.25, 0.3) is 0 Å². The molecule has 0 aliphatic heterocycles. The quantitative estimate of drug-likeness (QED) is 0.0996. The van der Waals surface area contributed by atoms with Gasteiger partial charge in [0.05, 0.1) is 29.6 Å². The number of hydrogen-bond acceptors (Lipinski definition) is 6. The van der Waals surface area contributed by atoms with Crippen LogP contribution in [0.25, 0.3) is 21.1 Å². The standard InChI is InChI=1S/C30H32N4O2S/c1-2-3-4-9-19-35-24-14-16-25(17-15-24)36-20-18-34-22-23(26-10-5-7-12-28(26)34)21-31-33-30-32-27-11-6-8-13-29(27)37-30/h5-8,10-17,21-22H,2-4,9,18-20H2,1H3,(H,32,33). The van der Waals surface area contributed by atoms with E-state index in [1.807, 2.05) is 48.7 Å². The Labute approximate surface area is 221 Å². The van der Waals surface area contributed by atoms with Crippen LogP contribution < -0.4 is 14.9 Å². The van der Waals surface area contributed by atoms with Crippen molar-refractivity contribution in [3.63, 3.8) is 0 Å². The average Bonchev–Trinajstić information content (AvgIpc) is 3.51. The summed E-state index contributed by atoms with van der Waals surface area (Å²) in [4.78, 5) is 4.58. The Morgan fingerprint density at radius 2 is 1.65 bits per heavy atom. The smallest absolute Gasteiger partial charge is 0.204 e. The third kappa shape index (κ3) is 6.49. The minimum atomic E-state index is 0.566. The third-order valence-corrected chi connectivity index (χ3v) is 7.11. The highest BCUT2D eigenvalue weighted by atomic mass is 32.1. The zero-order valence-corrected chi connectivity index (χ0v) is 21.9. The number of anilines is 1. The van der Waals surface area contributed by atoms with E-state index < -0.39 is 0 Å². The van der Waals surface area contributed by atoms with E-state index in [0.717, 1.165) is 62.9 Å². The van der Waals surface area contributed by atoms with Crippen molar-refractivity contribution in [2.75, 3.05) is 18.6 Å². The molecule has 0 saturated carbocycles. The molecule has 0 unspecified atom stereocenters. The summed E-state index contributed by atoms with van der Waals surface area (Å²) in [5.74, 6) is 1.74. The van der Waals surface area contributed by atoms with Gasteiger partial charge in [0.15, 0.2) is 0 Å². The van der Waals surface area contributed by atoms with Gasteiger partial charge in [-0.15, -0.1) is 0 Å². The van der Waals surface area contributed by atoms with Crippen LogP contribution in [0, 0.1) is 0 Å². The highest BCUT2D eigenvalue weighted by Crippen LogP contribution is 2.26. The number of ether oxygens (including phenoxy) is 2. The molecule has 0 radical (unpaired) electrons. The minimum absolute atomic E-state index is 0.566. The predicted octanol–water partition coefficient (Wildman–Crippen LogP) is 7.74. The van der Waals surface area contributed by atoms with Crippen molar-refractivity contribution in [1.29, 1.82) is 0 Å². The molecule has 1 N–H and O–H groups in total. The first-order valence-electron chi connectivity index (χ1n) is 12.9. The summed E-state index contributed by atoms with van der Waals surface area (Å²) in [5, 5.41) is 6.39. The van der Waals surface area contributed by atoms with Gasteiger partial charge in [-0.3, -0.25) is 5.43 Å². The Balaban J connectivity index is 1.17. The lowest BCUT2D eigenvalue weighted by atomic mass is 10.2. The number of aromatic nitrogens is 2. The predicted molar refractivity (Wildman–Crippen MR) is 154 cm³/mol. The molecule has 2 heterocycles. The Hall–Kier alpha value is -3.84. The van der Waals surface area contributed by atoms with Gasteiger partial charge in [0, 0.05) is 22.7 Å². The first-order chi connectivity index (χ1) is 18.3. The van der Waals surface area contributed by atoms with Gasteiger partial charge in [-0.05, 0) is 48.9 Å². The molecule has 37 heavy (non-hydrogen) atoms. The molecule has 0 aliphatic carbocycles. The first kappa shape index (κ1) is 24.8. The van der Waals surface area contributed by atoms with Gasteiger partial charge in [-0.25, -0.2) is 4.98 Å². The number of rotatable bonds is 13. The number of para-hydroxylation sites is 2. The molecular weight excluding hydrogens is 480 g/mol. The van der Waals surface area contributed by atoms with Crippen LogP contribution in [0.3, 0.4) is 0 Å². The Morgan fingerprint density at radius 1 is 0.892 bits per heavy atom. The van der Waals surface area contributed by atoms with E-state index in [1.165, 1.54) is 19.3 Å². The second-order valence-corrected chi connectivity index (χ2v) is 9.91. The van der Waals surface area contributed by atoms with E-state index in [0.29, 0.717) is 6.61 Å². The summed E-state index contributed by atoms with van der Waals surface area (Å²) >= 11 is 1.59. The van der Waals surface area contributed by atoms with E-state index in [-0.39, 0.29) is 0 Å². The number of nitrogens with one attached hydrogen (secondary N) is 1. The summed E-state index contributed by atoms with van der Waals surface area (Å²) in [7, 11) is 0. The monoisotopic (exact) mass is 512 g/mol. The fourth-order valence-corrected chi connectivity index (χ4v) is 5.07. The summed E-state index contributed by atoms with van der Waals surface area (Å²) in [6, 6.07) is 24.3. The van der Waals surface area contributed by atoms with Crippen LogP contribution in [0.5, 0.6) is 11.5 Å². The molecule has 0 fully saturated rings. The van der Waals surface area contributed by atoms with Crippen molar-refractivity contribution in [3.8, 4) is 11.5 Å². The highest BCUT2D eigenvalue weighted by Gasteiger charge is 2.07. The van der Waals surface area contributed by atoms with Gasteiger partial charge in [0.2, 0.25) is 5.13 Å². The van der Waals surface area contributed by atoms with Gasteiger partial charge in [0.1, 0.15) is 18.1 Å². The molecule has 0 aliphatic rings. The van der Waals surface area contributed by atoms with Gasteiger partial charge in [-0.2, -0.15) is 5.10 Å². The number of fused-ring (bicyclic) bond motifs is 2. The maximum atomic E-state index is 6.02. The lowest BCUT2D eigenvalue weighted by Gasteiger charge is -2.10. The summed E-state index contributed by atoms with van der Waals surface area (Å²) < 4.78 is 15.2. The molecule has 5 aromatic rings. The van der Waals surface area contributed by atoms with Crippen LogP contribution in [0.2, 0.25) is 0 Å². The Bertz CT molecular complexity index is 1420. The topological polar surface area (TPSA) is 60.7 Å². The first-order valence-corrected chi connectivity index (χ1v) is 13.7. The van der Waals surface area contributed by atoms with Crippen LogP contribution >= 0.6 is 11.3 Å². The van der Waals surface area contributed by atoms with Crippen LogP contribution in [0.1, 0.15) is 38.2 Å². The Kier molecular flexibility index (Phi) is 8.33. The summed E-state index contributed by atoms with van der Waals surface area (Å²) in [6.45, 7) is 4.28. The number of hydrogen-bond donors (Lipinski definition) is 1. The zero-order chi connectivity index (χ0) is 25.3. The molecule has 190 valence electrons. The third-order valence-electron chi connectivity index (χ3n) is 6.17. The van der Waals surface area contributed by atoms with Crippen LogP contribution in [-0.2, 0) is 6.54 Å². The molecule has 5 rings (SSSR count). The van der Waals surface area contributed by atoms with Crippen molar-refractivity contribution >= 4 is 43.8 Å². The molecule has 3 aromatic carbocycles. The van der Waals surface area contributed by atoms with Crippen LogP contribution in [0.4, 0.5) is 5.13 Å². The van der Waals surface area contributed by atoms with E-state index in [4.69, 9.17) is 9.47 Å².